The lowest BCUT2D eigenvalue weighted by molar-refractivity contribution is -0.141. The van der Waals surface area contributed by atoms with Gasteiger partial charge in [0.2, 0.25) is 28.6 Å². The van der Waals surface area contributed by atoms with Gasteiger partial charge in [0, 0.05) is 42.5 Å². The Hall–Kier alpha value is -3.57. The lowest BCUT2D eigenvalue weighted by Crippen LogP contribution is -2.51. The first-order valence-corrected chi connectivity index (χ1v) is 16.4. The Balaban J connectivity index is 1.57. The first-order valence-electron chi connectivity index (χ1n) is 13.8. The first kappa shape index (κ1) is 31.4. The summed E-state index contributed by atoms with van der Waals surface area (Å²) in [6.45, 7) is 4.14. The molecule has 0 radical (unpaired) electrons. The van der Waals surface area contributed by atoms with E-state index in [-0.39, 0.29) is 50.6 Å². The van der Waals surface area contributed by atoms with Gasteiger partial charge in [-0.3, -0.25) is 13.9 Å². The normalized spacial score (nSPS) is 13.1. The summed E-state index contributed by atoms with van der Waals surface area (Å²) < 4.78 is 38.3. The number of fused-ring (bicyclic) bond motifs is 1. The molecule has 1 unspecified atom stereocenters. The fourth-order valence-corrected chi connectivity index (χ4v) is 6.21. The van der Waals surface area contributed by atoms with Crippen LogP contribution in [-0.4, -0.2) is 56.8 Å². The smallest absolute Gasteiger partial charge is 0.243 e. The second-order valence-electron chi connectivity index (χ2n) is 10.5. The quantitative estimate of drug-likeness (QED) is 0.281. The largest absolute Gasteiger partial charge is 0.454 e. The zero-order chi connectivity index (χ0) is 30.3. The van der Waals surface area contributed by atoms with E-state index in [1.807, 2.05) is 68.4 Å². The molecule has 1 atom stereocenters. The van der Waals surface area contributed by atoms with E-state index in [9.17, 15) is 18.0 Å². The van der Waals surface area contributed by atoms with Gasteiger partial charge in [0.15, 0.2) is 11.5 Å². The molecule has 0 saturated carbocycles. The Morgan fingerprint density at radius 1 is 0.952 bits per heavy atom. The Kier molecular flexibility index (Phi) is 10.5. The first-order chi connectivity index (χ1) is 20.0. The molecule has 3 aromatic carbocycles. The van der Waals surface area contributed by atoms with Crippen LogP contribution < -0.4 is 19.1 Å². The Bertz CT molecular complexity index is 1500. The average molecular weight is 659 g/mol. The molecule has 1 aliphatic heterocycles. The summed E-state index contributed by atoms with van der Waals surface area (Å²) in [6.07, 6.45) is 1.76. The van der Waals surface area contributed by atoms with Gasteiger partial charge in [-0.25, -0.2) is 8.42 Å². The van der Waals surface area contributed by atoms with Gasteiger partial charge in [0.05, 0.1) is 11.9 Å². The van der Waals surface area contributed by atoms with Crippen molar-refractivity contribution in [1.82, 2.24) is 10.2 Å². The molecule has 0 bridgehead atoms. The average Bonchev–Trinajstić information content (AvgIpc) is 3.40. The standard InChI is InChI=1S/C31H36BrN3O6S/c1-22(2)33-31(37)27(18-23-9-5-4-6-10-23)34(20-24-11-7-12-25(32)17-24)30(36)13-8-16-35(42(3,38)39)26-14-15-28-29(19-26)41-21-40-28/h4-7,9-12,14-15,17,19,22,27H,8,13,16,18,20-21H2,1-3H3,(H,33,37). The number of nitrogens with one attached hydrogen (secondary N) is 1. The van der Waals surface area contributed by atoms with Crippen LogP contribution in [0.25, 0.3) is 0 Å². The van der Waals surface area contributed by atoms with E-state index in [2.05, 4.69) is 21.2 Å². The third-order valence-electron chi connectivity index (χ3n) is 6.74. The van der Waals surface area contributed by atoms with Crippen molar-refractivity contribution in [2.45, 2.75) is 51.7 Å². The Morgan fingerprint density at radius 3 is 2.36 bits per heavy atom. The Morgan fingerprint density at radius 2 is 1.67 bits per heavy atom. The maximum atomic E-state index is 13.9. The lowest BCUT2D eigenvalue weighted by Gasteiger charge is -2.32. The van der Waals surface area contributed by atoms with E-state index < -0.39 is 16.1 Å². The van der Waals surface area contributed by atoms with Crippen LogP contribution in [0.1, 0.15) is 37.8 Å². The summed E-state index contributed by atoms with van der Waals surface area (Å²) in [5.74, 6) is 0.538. The number of carbonyl (C=O) groups excluding carboxylic acids is 2. The molecule has 1 heterocycles. The molecule has 0 fully saturated rings. The zero-order valence-electron chi connectivity index (χ0n) is 24.0. The summed E-state index contributed by atoms with van der Waals surface area (Å²) in [7, 11) is -3.65. The van der Waals surface area contributed by atoms with Crippen molar-refractivity contribution in [3.05, 3.63) is 88.4 Å². The monoisotopic (exact) mass is 657 g/mol. The summed E-state index contributed by atoms with van der Waals surface area (Å²) >= 11 is 3.50. The highest BCUT2D eigenvalue weighted by molar-refractivity contribution is 9.10. The van der Waals surface area contributed by atoms with E-state index in [0.717, 1.165) is 21.9 Å². The van der Waals surface area contributed by atoms with Gasteiger partial charge in [-0.1, -0.05) is 58.4 Å². The van der Waals surface area contributed by atoms with Crippen LogP contribution in [0.15, 0.2) is 77.3 Å². The van der Waals surface area contributed by atoms with Crippen molar-refractivity contribution in [2.75, 3.05) is 23.9 Å². The highest BCUT2D eigenvalue weighted by Crippen LogP contribution is 2.36. The van der Waals surface area contributed by atoms with Crippen LogP contribution in [-0.2, 0) is 32.6 Å². The highest BCUT2D eigenvalue weighted by atomic mass is 79.9. The van der Waals surface area contributed by atoms with E-state index in [1.165, 1.54) is 4.31 Å². The minimum Gasteiger partial charge on any atom is -0.454 e. The minimum atomic E-state index is -3.65. The van der Waals surface area contributed by atoms with E-state index in [1.54, 1.807) is 23.1 Å². The molecule has 224 valence electrons. The molecule has 11 heteroatoms. The van der Waals surface area contributed by atoms with Crippen molar-refractivity contribution >= 4 is 43.5 Å². The summed E-state index contributed by atoms with van der Waals surface area (Å²) in [6, 6.07) is 21.3. The summed E-state index contributed by atoms with van der Waals surface area (Å²) in [5, 5.41) is 2.98. The molecule has 42 heavy (non-hydrogen) atoms. The minimum absolute atomic E-state index is 0.0465. The highest BCUT2D eigenvalue weighted by Gasteiger charge is 2.31. The van der Waals surface area contributed by atoms with Gasteiger partial charge in [0.1, 0.15) is 6.04 Å². The van der Waals surface area contributed by atoms with Gasteiger partial charge < -0.3 is 19.7 Å². The van der Waals surface area contributed by atoms with Crippen molar-refractivity contribution in [3.63, 3.8) is 0 Å². The number of carbonyl (C=O) groups is 2. The number of nitrogens with zero attached hydrogens (tertiary/aromatic N) is 2. The van der Waals surface area contributed by atoms with Crippen molar-refractivity contribution in [3.8, 4) is 11.5 Å². The molecule has 9 nitrogen and oxygen atoms in total. The molecule has 2 amide bonds. The molecular formula is C31H36BrN3O6S. The molecule has 0 saturated heterocycles. The lowest BCUT2D eigenvalue weighted by atomic mass is 10.0. The van der Waals surface area contributed by atoms with Gasteiger partial charge >= 0.3 is 0 Å². The maximum Gasteiger partial charge on any atom is 0.243 e. The molecule has 0 aromatic heterocycles. The van der Waals surface area contributed by atoms with E-state index >= 15 is 0 Å². The van der Waals surface area contributed by atoms with Crippen molar-refractivity contribution < 1.29 is 27.5 Å². The predicted molar refractivity (Wildman–Crippen MR) is 166 cm³/mol. The molecule has 1 aliphatic rings. The molecule has 1 N–H and O–H groups in total. The molecule has 0 spiro atoms. The Labute approximate surface area is 256 Å². The third kappa shape index (κ3) is 8.48. The van der Waals surface area contributed by atoms with Crippen LogP contribution in [0, 0.1) is 0 Å². The van der Waals surface area contributed by atoms with Gasteiger partial charge in [-0.15, -0.1) is 0 Å². The predicted octanol–water partition coefficient (Wildman–Crippen LogP) is 4.89. The second-order valence-corrected chi connectivity index (χ2v) is 13.3. The second kappa shape index (κ2) is 14.1. The van der Waals surface area contributed by atoms with Crippen LogP contribution in [0.2, 0.25) is 0 Å². The number of sulfonamides is 1. The SMILES string of the molecule is CC(C)NC(=O)C(Cc1ccccc1)N(Cc1cccc(Br)c1)C(=O)CCCN(c1ccc2c(c1)OCO2)S(C)(=O)=O. The number of amides is 2. The van der Waals surface area contributed by atoms with E-state index in [4.69, 9.17) is 9.47 Å². The summed E-state index contributed by atoms with van der Waals surface area (Å²) in [4.78, 5) is 29.0. The number of benzene rings is 3. The molecule has 0 aliphatic carbocycles. The van der Waals surface area contributed by atoms with Crippen molar-refractivity contribution in [1.29, 1.82) is 0 Å². The zero-order valence-corrected chi connectivity index (χ0v) is 26.4. The number of hydrogen-bond donors (Lipinski definition) is 1. The van der Waals surface area contributed by atoms with Gasteiger partial charge in [0.25, 0.3) is 0 Å². The number of halogens is 1. The number of rotatable bonds is 13. The van der Waals surface area contributed by atoms with Gasteiger partial charge in [-0.2, -0.15) is 0 Å². The van der Waals surface area contributed by atoms with Gasteiger partial charge in [-0.05, 0) is 55.7 Å². The van der Waals surface area contributed by atoms with Crippen molar-refractivity contribution in [2.24, 2.45) is 0 Å². The molecule has 4 rings (SSSR count). The fourth-order valence-electron chi connectivity index (χ4n) is 4.81. The number of ether oxygens (including phenoxy) is 2. The maximum absolute atomic E-state index is 13.9. The third-order valence-corrected chi connectivity index (χ3v) is 8.43. The van der Waals surface area contributed by atoms with Crippen LogP contribution in [0.4, 0.5) is 5.69 Å². The molecular weight excluding hydrogens is 622 g/mol. The van der Waals surface area contributed by atoms with Crippen LogP contribution in [0.3, 0.4) is 0 Å². The number of hydrogen-bond acceptors (Lipinski definition) is 6. The van der Waals surface area contributed by atoms with Crippen LogP contribution in [0.5, 0.6) is 11.5 Å². The number of anilines is 1. The fraction of sp³-hybridized carbons (Fsp3) is 0.355. The van der Waals surface area contributed by atoms with E-state index in [0.29, 0.717) is 23.6 Å². The summed E-state index contributed by atoms with van der Waals surface area (Å²) in [5.41, 5.74) is 2.23. The topological polar surface area (TPSA) is 105 Å². The molecule has 3 aromatic rings. The van der Waals surface area contributed by atoms with Crippen LogP contribution >= 0.6 is 15.9 Å².